The zero-order valence-corrected chi connectivity index (χ0v) is 12.8. The van der Waals surface area contributed by atoms with Gasteiger partial charge in [-0.25, -0.2) is 8.42 Å². The summed E-state index contributed by atoms with van der Waals surface area (Å²) in [5.41, 5.74) is 1.21. The first-order valence-electron chi connectivity index (χ1n) is 5.65. The van der Waals surface area contributed by atoms with E-state index in [1.165, 1.54) is 20.0 Å². The standard InChI is InChI=1S/C12H17ClN2O3S/c1-8-5-6-10(7-11(8)13)15(19(4,17)18)9(2)12(16)14-3/h5-7,9H,1-4H3,(H,14,16)/t9-/m0/s1. The molecule has 0 bridgehead atoms. The van der Waals surface area contributed by atoms with E-state index in [2.05, 4.69) is 5.32 Å². The summed E-state index contributed by atoms with van der Waals surface area (Å²) < 4.78 is 24.8. The van der Waals surface area contributed by atoms with E-state index >= 15 is 0 Å². The van der Waals surface area contributed by atoms with Gasteiger partial charge >= 0.3 is 0 Å². The fourth-order valence-electron chi connectivity index (χ4n) is 1.74. The van der Waals surface area contributed by atoms with E-state index in [4.69, 9.17) is 11.6 Å². The number of hydrogen-bond donors (Lipinski definition) is 1. The number of hydrogen-bond acceptors (Lipinski definition) is 3. The van der Waals surface area contributed by atoms with E-state index < -0.39 is 16.1 Å². The fraction of sp³-hybridized carbons (Fsp3) is 0.417. The van der Waals surface area contributed by atoms with Gasteiger partial charge in [0.05, 0.1) is 11.9 Å². The highest BCUT2D eigenvalue weighted by atomic mass is 35.5. The van der Waals surface area contributed by atoms with Crippen LogP contribution in [0.4, 0.5) is 5.69 Å². The molecule has 0 unspecified atom stereocenters. The summed E-state index contributed by atoms with van der Waals surface area (Å²) in [5.74, 6) is -0.387. The van der Waals surface area contributed by atoms with E-state index in [-0.39, 0.29) is 5.91 Å². The molecule has 7 heteroatoms. The Hall–Kier alpha value is -1.27. The molecule has 0 aliphatic carbocycles. The van der Waals surface area contributed by atoms with E-state index in [9.17, 15) is 13.2 Å². The van der Waals surface area contributed by atoms with Crippen molar-refractivity contribution in [3.8, 4) is 0 Å². The van der Waals surface area contributed by atoms with Gasteiger partial charge in [-0.15, -0.1) is 0 Å². The highest BCUT2D eigenvalue weighted by molar-refractivity contribution is 7.92. The van der Waals surface area contributed by atoms with Crippen LogP contribution in [0.5, 0.6) is 0 Å². The van der Waals surface area contributed by atoms with Crippen LogP contribution in [0.3, 0.4) is 0 Å². The lowest BCUT2D eigenvalue weighted by atomic mass is 10.2. The number of rotatable bonds is 4. The van der Waals surface area contributed by atoms with Gasteiger partial charge in [0.15, 0.2) is 0 Å². The number of anilines is 1. The Morgan fingerprint density at radius 3 is 2.42 bits per heavy atom. The predicted molar refractivity (Wildman–Crippen MR) is 77.0 cm³/mol. The molecule has 1 aromatic carbocycles. The lowest BCUT2D eigenvalue weighted by Gasteiger charge is -2.28. The zero-order chi connectivity index (χ0) is 14.8. The maximum atomic E-state index is 11.9. The van der Waals surface area contributed by atoms with Gasteiger partial charge in [-0.3, -0.25) is 9.10 Å². The first-order chi connectivity index (χ1) is 8.68. The molecule has 0 saturated carbocycles. The maximum absolute atomic E-state index is 11.9. The molecule has 0 aliphatic rings. The molecule has 1 aromatic rings. The second kappa shape index (κ2) is 5.79. The average Bonchev–Trinajstić information content (AvgIpc) is 2.31. The van der Waals surface area contributed by atoms with Crippen LogP contribution >= 0.6 is 11.6 Å². The molecule has 0 radical (unpaired) electrons. The van der Waals surface area contributed by atoms with Gasteiger partial charge in [0.25, 0.3) is 0 Å². The molecule has 1 atom stereocenters. The van der Waals surface area contributed by atoms with Gasteiger partial charge in [-0.05, 0) is 31.5 Å². The number of carbonyl (C=O) groups is 1. The minimum atomic E-state index is -3.59. The molecule has 1 N–H and O–H groups in total. The molecule has 0 spiro atoms. The van der Waals surface area contributed by atoms with Crippen LogP contribution < -0.4 is 9.62 Å². The van der Waals surface area contributed by atoms with Crippen LogP contribution in [-0.4, -0.2) is 33.7 Å². The molecule has 1 rings (SSSR count). The number of amides is 1. The number of aryl methyl sites for hydroxylation is 1. The van der Waals surface area contributed by atoms with Crippen molar-refractivity contribution >= 4 is 33.2 Å². The SMILES string of the molecule is CNC(=O)[C@H](C)N(c1ccc(C)c(Cl)c1)S(C)(=O)=O. The van der Waals surface area contributed by atoms with Crippen molar-refractivity contribution in [3.63, 3.8) is 0 Å². The summed E-state index contributed by atoms with van der Waals surface area (Å²) in [7, 11) is -2.13. The molecule has 5 nitrogen and oxygen atoms in total. The third-order valence-electron chi connectivity index (χ3n) is 2.74. The van der Waals surface area contributed by atoms with Crippen LogP contribution in [-0.2, 0) is 14.8 Å². The highest BCUT2D eigenvalue weighted by Crippen LogP contribution is 2.26. The molecule has 0 aromatic heterocycles. The third-order valence-corrected chi connectivity index (χ3v) is 4.39. The van der Waals surface area contributed by atoms with Crippen molar-refractivity contribution in [2.24, 2.45) is 0 Å². The monoisotopic (exact) mass is 304 g/mol. The van der Waals surface area contributed by atoms with Crippen molar-refractivity contribution < 1.29 is 13.2 Å². The Bertz CT molecular complexity index is 587. The number of nitrogens with one attached hydrogen (secondary N) is 1. The minimum Gasteiger partial charge on any atom is -0.357 e. The van der Waals surface area contributed by atoms with E-state index in [0.29, 0.717) is 10.7 Å². The second-order valence-electron chi connectivity index (χ2n) is 4.28. The highest BCUT2D eigenvalue weighted by Gasteiger charge is 2.28. The van der Waals surface area contributed by atoms with Crippen molar-refractivity contribution in [3.05, 3.63) is 28.8 Å². The van der Waals surface area contributed by atoms with Crippen molar-refractivity contribution in [1.82, 2.24) is 5.32 Å². The maximum Gasteiger partial charge on any atom is 0.243 e. The number of halogens is 1. The number of benzene rings is 1. The summed E-state index contributed by atoms with van der Waals surface area (Å²) >= 11 is 6.00. The molecule has 0 fully saturated rings. The van der Waals surface area contributed by atoms with Crippen LogP contribution in [0.15, 0.2) is 18.2 Å². The quantitative estimate of drug-likeness (QED) is 0.918. The van der Waals surface area contributed by atoms with Gasteiger partial charge in [-0.2, -0.15) is 0 Å². The van der Waals surface area contributed by atoms with Crippen LogP contribution in [0.25, 0.3) is 0 Å². The van der Waals surface area contributed by atoms with E-state index in [1.54, 1.807) is 12.1 Å². The third kappa shape index (κ3) is 3.61. The Morgan fingerprint density at radius 2 is 2.00 bits per heavy atom. The molecule has 106 valence electrons. The molecule has 0 aliphatic heterocycles. The number of nitrogens with zero attached hydrogens (tertiary/aromatic N) is 1. The summed E-state index contributed by atoms with van der Waals surface area (Å²) in [6, 6.07) is 4.03. The van der Waals surface area contributed by atoms with Crippen molar-refractivity contribution in [1.29, 1.82) is 0 Å². The summed E-state index contributed by atoms with van der Waals surface area (Å²) in [4.78, 5) is 11.7. The lowest BCUT2D eigenvalue weighted by Crippen LogP contribution is -2.47. The lowest BCUT2D eigenvalue weighted by molar-refractivity contribution is -0.121. The number of sulfonamides is 1. The molecule has 1 amide bonds. The topological polar surface area (TPSA) is 66.5 Å². The van der Waals surface area contributed by atoms with Gasteiger partial charge in [0.1, 0.15) is 6.04 Å². The smallest absolute Gasteiger partial charge is 0.243 e. The van der Waals surface area contributed by atoms with Gasteiger partial charge < -0.3 is 5.32 Å². The molecule has 0 saturated heterocycles. The Balaban J connectivity index is 3.33. The van der Waals surface area contributed by atoms with E-state index in [0.717, 1.165) is 16.1 Å². The summed E-state index contributed by atoms with van der Waals surface area (Å²) in [5, 5.41) is 2.89. The average molecular weight is 305 g/mol. The largest absolute Gasteiger partial charge is 0.357 e. The van der Waals surface area contributed by atoms with Crippen LogP contribution in [0.2, 0.25) is 5.02 Å². The van der Waals surface area contributed by atoms with Crippen molar-refractivity contribution in [2.75, 3.05) is 17.6 Å². The minimum absolute atomic E-state index is 0.370. The van der Waals surface area contributed by atoms with E-state index in [1.807, 2.05) is 6.92 Å². The predicted octanol–water partition coefficient (Wildman–Crippen LogP) is 1.55. The summed E-state index contributed by atoms with van der Waals surface area (Å²) in [6.07, 6.45) is 1.06. The van der Waals surface area contributed by atoms with Crippen LogP contribution in [0.1, 0.15) is 12.5 Å². The zero-order valence-electron chi connectivity index (χ0n) is 11.3. The molecular weight excluding hydrogens is 288 g/mol. The van der Waals surface area contributed by atoms with Crippen molar-refractivity contribution in [2.45, 2.75) is 19.9 Å². The van der Waals surface area contributed by atoms with Gasteiger partial charge in [-0.1, -0.05) is 17.7 Å². The van der Waals surface area contributed by atoms with Crippen LogP contribution in [0, 0.1) is 6.92 Å². The first kappa shape index (κ1) is 15.8. The Morgan fingerprint density at radius 1 is 1.42 bits per heavy atom. The van der Waals surface area contributed by atoms with Gasteiger partial charge in [0.2, 0.25) is 15.9 Å². The number of likely N-dealkylation sites (N-methyl/N-ethyl adjacent to an activating group) is 1. The molecule has 19 heavy (non-hydrogen) atoms. The number of carbonyl (C=O) groups excluding carboxylic acids is 1. The van der Waals surface area contributed by atoms with Gasteiger partial charge in [0, 0.05) is 12.1 Å². The normalized spacial score (nSPS) is 12.9. The molecule has 0 heterocycles. The second-order valence-corrected chi connectivity index (χ2v) is 6.55. The summed E-state index contributed by atoms with van der Waals surface area (Å²) in [6.45, 7) is 3.34. The Kier molecular flexibility index (Phi) is 4.81. The Labute approximate surface area is 118 Å². The first-order valence-corrected chi connectivity index (χ1v) is 7.88. The fourth-order valence-corrected chi connectivity index (χ4v) is 3.08. The molecular formula is C12H17ClN2O3S.